The molecule has 0 aliphatic carbocycles. The molecule has 0 radical (unpaired) electrons. The van der Waals surface area contributed by atoms with Gasteiger partial charge >= 0.3 is 0 Å². The number of hydrogen-bond donors (Lipinski definition) is 1. The first-order valence-corrected chi connectivity index (χ1v) is 13.8. The van der Waals surface area contributed by atoms with Crippen LogP contribution in [-0.4, -0.2) is 88.2 Å². The molecule has 4 rings (SSSR count). The molecule has 1 N–H and O–H groups in total. The fourth-order valence-corrected chi connectivity index (χ4v) is 5.89. The van der Waals surface area contributed by atoms with Crippen LogP contribution in [0.15, 0.2) is 18.5 Å². The number of nitrogens with one attached hydrogen (secondary N) is 1. The van der Waals surface area contributed by atoms with Crippen molar-refractivity contribution in [1.82, 2.24) is 24.9 Å². The first kappa shape index (κ1) is 27.1. The number of piperazine rings is 1. The molecule has 3 saturated heterocycles. The molecule has 3 aliphatic heterocycles. The van der Waals surface area contributed by atoms with Crippen LogP contribution in [0.1, 0.15) is 60.3 Å². The first-order valence-electron chi connectivity index (χ1n) is 13.8. The van der Waals surface area contributed by atoms with Gasteiger partial charge in [0.2, 0.25) is 11.8 Å². The Labute approximate surface area is 215 Å². The molecule has 202 valence electrons. The summed E-state index contributed by atoms with van der Waals surface area (Å²) in [7, 11) is 0. The number of hydrogen-bond acceptors (Lipinski definition) is 6. The van der Waals surface area contributed by atoms with Crippen LogP contribution in [0.4, 0.5) is 0 Å². The van der Waals surface area contributed by atoms with E-state index in [0.717, 1.165) is 19.5 Å². The monoisotopic (exact) mass is 503 g/mol. The average Bonchev–Trinajstić information content (AvgIpc) is 3.33. The summed E-state index contributed by atoms with van der Waals surface area (Å²) in [5, 5.41) is 7.65. The maximum atomic E-state index is 13.9. The van der Waals surface area contributed by atoms with E-state index in [0.29, 0.717) is 57.4 Å². The molecule has 9 nitrogen and oxygen atoms in total. The lowest BCUT2D eigenvalue weighted by Crippen LogP contribution is -2.64. The quantitative estimate of drug-likeness (QED) is 0.587. The molecule has 2 amide bonds. The Kier molecular flexibility index (Phi) is 8.73. The molecule has 4 heterocycles. The van der Waals surface area contributed by atoms with E-state index >= 15 is 0 Å². The van der Waals surface area contributed by atoms with E-state index in [1.165, 1.54) is 0 Å². The summed E-state index contributed by atoms with van der Waals surface area (Å²) in [6.45, 7) is 14.5. The van der Waals surface area contributed by atoms with Crippen molar-refractivity contribution in [2.45, 2.75) is 90.8 Å². The summed E-state index contributed by atoms with van der Waals surface area (Å²) in [5.74, 6) is 0.497. The van der Waals surface area contributed by atoms with Gasteiger partial charge in [0, 0.05) is 63.4 Å². The van der Waals surface area contributed by atoms with Gasteiger partial charge in [-0.3, -0.25) is 14.3 Å². The van der Waals surface area contributed by atoms with Crippen molar-refractivity contribution in [3.05, 3.63) is 18.5 Å². The maximum Gasteiger partial charge on any atom is 0.245 e. The van der Waals surface area contributed by atoms with Gasteiger partial charge in [0.05, 0.1) is 19.3 Å². The third-order valence-corrected chi connectivity index (χ3v) is 7.71. The van der Waals surface area contributed by atoms with E-state index in [9.17, 15) is 9.59 Å². The second kappa shape index (κ2) is 11.6. The minimum atomic E-state index is -0.627. The van der Waals surface area contributed by atoms with Crippen LogP contribution in [0, 0.1) is 17.8 Å². The summed E-state index contributed by atoms with van der Waals surface area (Å²) in [6.07, 6.45) is 6.50. The van der Waals surface area contributed by atoms with Crippen LogP contribution in [0.5, 0.6) is 0 Å². The summed E-state index contributed by atoms with van der Waals surface area (Å²) >= 11 is 0. The van der Waals surface area contributed by atoms with Crippen LogP contribution in [0.2, 0.25) is 0 Å². The smallest absolute Gasteiger partial charge is 0.245 e. The molecule has 36 heavy (non-hydrogen) atoms. The molecule has 0 aromatic carbocycles. The Morgan fingerprint density at radius 2 is 1.94 bits per heavy atom. The van der Waals surface area contributed by atoms with Gasteiger partial charge in [-0.1, -0.05) is 27.7 Å². The lowest BCUT2D eigenvalue weighted by atomic mass is 9.92. The Morgan fingerprint density at radius 1 is 1.19 bits per heavy atom. The zero-order chi connectivity index (χ0) is 25.9. The van der Waals surface area contributed by atoms with Crippen LogP contribution in [-0.2, 0) is 25.6 Å². The number of carbonyl (C=O) groups excluding carboxylic acids is 2. The number of likely N-dealkylation sites (tertiary alicyclic amines) is 1. The number of carbonyl (C=O) groups is 2. The van der Waals surface area contributed by atoms with Crippen molar-refractivity contribution in [2.24, 2.45) is 17.8 Å². The van der Waals surface area contributed by atoms with Crippen molar-refractivity contribution >= 4 is 11.8 Å². The second-order valence-corrected chi connectivity index (χ2v) is 11.8. The summed E-state index contributed by atoms with van der Waals surface area (Å²) in [5.41, 5.74) is 0. The highest BCUT2D eigenvalue weighted by Gasteiger charge is 2.47. The highest BCUT2D eigenvalue weighted by atomic mass is 16.7. The van der Waals surface area contributed by atoms with Crippen molar-refractivity contribution in [3.8, 4) is 0 Å². The van der Waals surface area contributed by atoms with Crippen LogP contribution < -0.4 is 5.32 Å². The van der Waals surface area contributed by atoms with Gasteiger partial charge in [-0.05, 0) is 37.7 Å². The predicted molar refractivity (Wildman–Crippen MR) is 137 cm³/mol. The van der Waals surface area contributed by atoms with Crippen LogP contribution in [0.25, 0.3) is 0 Å². The van der Waals surface area contributed by atoms with E-state index in [-0.39, 0.29) is 29.8 Å². The predicted octanol–water partition coefficient (Wildman–Crippen LogP) is 2.51. The third kappa shape index (κ3) is 6.29. The highest BCUT2D eigenvalue weighted by molar-refractivity contribution is 5.90. The van der Waals surface area contributed by atoms with E-state index in [2.05, 4.69) is 45.0 Å². The number of ether oxygens (including phenoxy) is 2. The van der Waals surface area contributed by atoms with Gasteiger partial charge in [-0.15, -0.1) is 0 Å². The standard InChI is InChI=1S/C27H45N5O4/c1-19(2)13-23-25(33)32(12-9-28-23)24(14-20(3)4)26(34)31-11-7-27(15-21(31)5)35-17-22(18-36-27)16-30-10-6-8-29-30/h6,8,10,19-24,28H,7,9,11-18H2,1-5H3/t21-,22?,23-,24-,27?/m0/s1. The normalized spacial score (nSPS) is 30.4. The average molecular weight is 504 g/mol. The van der Waals surface area contributed by atoms with Crippen LogP contribution in [0.3, 0.4) is 0 Å². The molecule has 3 atom stereocenters. The summed E-state index contributed by atoms with van der Waals surface area (Å²) < 4.78 is 14.5. The lowest BCUT2D eigenvalue weighted by Gasteiger charge is -2.49. The molecular weight excluding hydrogens is 458 g/mol. The molecule has 0 saturated carbocycles. The minimum Gasteiger partial charge on any atom is -0.349 e. The first-order chi connectivity index (χ1) is 17.2. The van der Waals surface area contributed by atoms with E-state index < -0.39 is 11.8 Å². The zero-order valence-corrected chi connectivity index (χ0v) is 22.7. The van der Waals surface area contributed by atoms with Crippen molar-refractivity contribution < 1.29 is 19.1 Å². The van der Waals surface area contributed by atoms with Crippen LogP contribution >= 0.6 is 0 Å². The summed E-state index contributed by atoms with van der Waals surface area (Å²) in [4.78, 5) is 31.1. The lowest BCUT2D eigenvalue weighted by molar-refractivity contribution is -0.303. The van der Waals surface area contributed by atoms with Gasteiger partial charge in [0.1, 0.15) is 6.04 Å². The SMILES string of the molecule is CC(C)C[C@@H]1NCCN([C@@H](CC(C)C)C(=O)N2CCC3(C[C@@H]2C)OCC(Cn2cccn2)CO3)C1=O. The van der Waals surface area contributed by atoms with Gasteiger partial charge in [-0.2, -0.15) is 5.10 Å². The zero-order valence-electron chi connectivity index (χ0n) is 22.7. The minimum absolute atomic E-state index is 0.0203. The van der Waals surface area contributed by atoms with Crippen molar-refractivity contribution in [2.75, 3.05) is 32.8 Å². The number of amides is 2. The molecule has 0 unspecified atom stereocenters. The molecule has 3 aliphatic rings. The largest absolute Gasteiger partial charge is 0.349 e. The molecule has 1 spiro atoms. The Morgan fingerprint density at radius 3 is 2.56 bits per heavy atom. The van der Waals surface area contributed by atoms with E-state index in [4.69, 9.17) is 9.47 Å². The topological polar surface area (TPSA) is 88.9 Å². The number of rotatable bonds is 8. The van der Waals surface area contributed by atoms with Crippen molar-refractivity contribution in [1.29, 1.82) is 0 Å². The van der Waals surface area contributed by atoms with Gasteiger partial charge < -0.3 is 24.6 Å². The van der Waals surface area contributed by atoms with Gasteiger partial charge in [0.15, 0.2) is 5.79 Å². The molecule has 9 heteroatoms. The van der Waals surface area contributed by atoms with Crippen molar-refractivity contribution in [3.63, 3.8) is 0 Å². The Hall–Kier alpha value is -1.97. The van der Waals surface area contributed by atoms with Gasteiger partial charge in [0.25, 0.3) is 0 Å². The fourth-order valence-electron chi connectivity index (χ4n) is 5.89. The molecule has 1 aromatic heterocycles. The maximum absolute atomic E-state index is 13.9. The van der Waals surface area contributed by atoms with E-state index in [1.807, 2.05) is 26.7 Å². The van der Waals surface area contributed by atoms with E-state index in [1.54, 1.807) is 6.20 Å². The number of piperidine rings is 1. The number of aromatic nitrogens is 2. The third-order valence-electron chi connectivity index (χ3n) is 7.71. The Balaban J connectivity index is 1.38. The molecular formula is C27H45N5O4. The molecule has 3 fully saturated rings. The van der Waals surface area contributed by atoms with Gasteiger partial charge in [-0.25, -0.2) is 0 Å². The second-order valence-electron chi connectivity index (χ2n) is 11.8. The molecule has 0 bridgehead atoms. The number of nitrogens with zero attached hydrogens (tertiary/aromatic N) is 4. The fraction of sp³-hybridized carbons (Fsp3) is 0.815. The molecule has 1 aromatic rings. The summed E-state index contributed by atoms with van der Waals surface area (Å²) in [6, 6.07) is 1.28. The highest BCUT2D eigenvalue weighted by Crippen LogP contribution is 2.36. The Bertz CT molecular complexity index is 866.